The van der Waals surface area contributed by atoms with E-state index in [0.29, 0.717) is 17.0 Å². The molecular formula is C15H24N2O2. The van der Waals surface area contributed by atoms with Gasteiger partial charge in [0.25, 0.3) is 5.91 Å². The molecule has 0 saturated carbocycles. The molecule has 19 heavy (non-hydrogen) atoms. The van der Waals surface area contributed by atoms with Crippen LogP contribution in [0.5, 0.6) is 5.75 Å². The average molecular weight is 264 g/mol. The van der Waals surface area contributed by atoms with E-state index in [1.807, 2.05) is 0 Å². The molecule has 1 rings (SSSR count). The molecule has 1 amide bonds. The summed E-state index contributed by atoms with van der Waals surface area (Å²) in [5.74, 6) is 0.400. The predicted octanol–water partition coefficient (Wildman–Crippen LogP) is 2.98. The summed E-state index contributed by atoms with van der Waals surface area (Å²) < 4.78 is 5.22. The van der Waals surface area contributed by atoms with E-state index in [4.69, 9.17) is 10.5 Å². The maximum Gasteiger partial charge on any atom is 0.255 e. The molecule has 0 atom stereocenters. The molecule has 0 bridgehead atoms. The van der Waals surface area contributed by atoms with Gasteiger partial charge in [0.05, 0.1) is 12.7 Å². The van der Waals surface area contributed by atoms with Crippen LogP contribution in [0.15, 0.2) is 18.2 Å². The van der Waals surface area contributed by atoms with E-state index in [-0.39, 0.29) is 11.4 Å². The van der Waals surface area contributed by atoms with Crippen molar-refractivity contribution in [3.63, 3.8) is 0 Å². The summed E-state index contributed by atoms with van der Waals surface area (Å²) >= 11 is 0. The number of carbonyl (C=O) groups is 1. The van der Waals surface area contributed by atoms with Gasteiger partial charge in [-0.25, -0.2) is 0 Å². The Balaban J connectivity index is 3.01. The molecule has 0 fully saturated rings. The van der Waals surface area contributed by atoms with Crippen LogP contribution < -0.4 is 15.8 Å². The second kappa shape index (κ2) is 6.45. The molecule has 0 radical (unpaired) electrons. The first kappa shape index (κ1) is 15.3. The number of rotatable bonds is 6. The monoisotopic (exact) mass is 264 g/mol. The number of methoxy groups -OCH3 is 1. The number of nitrogens with one attached hydrogen (secondary N) is 1. The molecule has 0 aliphatic carbocycles. The van der Waals surface area contributed by atoms with Crippen LogP contribution in [-0.4, -0.2) is 18.6 Å². The molecule has 0 spiro atoms. The van der Waals surface area contributed by atoms with Crippen LogP contribution in [-0.2, 0) is 0 Å². The first-order chi connectivity index (χ1) is 9.01. The molecule has 1 aromatic carbocycles. The fourth-order valence-electron chi connectivity index (χ4n) is 2.22. The average Bonchev–Trinajstić information content (AvgIpc) is 2.44. The van der Waals surface area contributed by atoms with Gasteiger partial charge in [0, 0.05) is 17.3 Å². The van der Waals surface area contributed by atoms with Crippen molar-refractivity contribution in [2.45, 2.75) is 45.6 Å². The van der Waals surface area contributed by atoms with Gasteiger partial charge in [0.15, 0.2) is 0 Å². The van der Waals surface area contributed by atoms with Crippen LogP contribution in [0.3, 0.4) is 0 Å². The Morgan fingerprint density at radius 3 is 2.32 bits per heavy atom. The third-order valence-electron chi connectivity index (χ3n) is 3.88. The highest BCUT2D eigenvalue weighted by atomic mass is 16.5. The van der Waals surface area contributed by atoms with E-state index < -0.39 is 0 Å². The van der Waals surface area contributed by atoms with Crippen molar-refractivity contribution >= 4 is 11.6 Å². The Hall–Kier alpha value is -1.71. The SMILES string of the molecule is CCC(CC)(CC)NC(=O)c1ccc(N)cc1OC. The van der Waals surface area contributed by atoms with Gasteiger partial charge in [-0.1, -0.05) is 20.8 Å². The Labute approximate surface area is 115 Å². The lowest BCUT2D eigenvalue weighted by Gasteiger charge is -2.32. The topological polar surface area (TPSA) is 64.4 Å². The molecular weight excluding hydrogens is 240 g/mol. The number of hydrogen-bond acceptors (Lipinski definition) is 3. The maximum absolute atomic E-state index is 12.4. The largest absolute Gasteiger partial charge is 0.496 e. The van der Waals surface area contributed by atoms with Gasteiger partial charge in [-0.15, -0.1) is 0 Å². The molecule has 0 saturated heterocycles. The number of nitrogen functional groups attached to an aromatic ring is 1. The molecule has 106 valence electrons. The van der Waals surface area contributed by atoms with E-state index in [1.165, 1.54) is 7.11 Å². The number of carbonyl (C=O) groups excluding carboxylic acids is 1. The standard InChI is InChI=1S/C15H24N2O2/c1-5-15(6-2,7-3)17-14(18)12-9-8-11(16)10-13(12)19-4/h8-10H,5-7,16H2,1-4H3,(H,17,18). The van der Waals surface area contributed by atoms with Gasteiger partial charge in [-0.2, -0.15) is 0 Å². The Bertz CT molecular complexity index is 432. The minimum Gasteiger partial charge on any atom is -0.496 e. The summed E-state index contributed by atoms with van der Waals surface area (Å²) in [4.78, 5) is 12.4. The maximum atomic E-state index is 12.4. The van der Waals surface area contributed by atoms with Crippen molar-refractivity contribution in [3.8, 4) is 5.75 Å². The van der Waals surface area contributed by atoms with Gasteiger partial charge in [-0.05, 0) is 31.4 Å². The summed E-state index contributed by atoms with van der Waals surface area (Å²) in [6, 6.07) is 5.08. The van der Waals surface area contributed by atoms with Crippen LogP contribution in [0.2, 0.25) is 0 Å². The number of anilines is 1. The third-order valence-corrected chi connectivity index (χ3v) is 3.88. The first-order valence-corrected chi connectivity index (χ1v) is 6.78. The van der Waals surface area contributed by atoms with Crippen molar-refractivity contribution in [1.82, 2.24) is 5.32 Å². The van der Waals surface area contributed by atoms with E-state index in [9.17, 15) is 4.79 Å². The fourth-order valence-corrected chi connectivity index (χ4v) is 2.22. The van der Waals surface area contributed by atoms with Crippen molar-refractivity contribution in [1.29, 1.82) is 0 Å². The van der Waals surface area contributed by atoms with Crippen LogP contribution in [0.4, 0.5) is 5.69 Å². The number of amides is 1. The minimum absolute atomic E-state index is 0.109. The summed E-state index contributed by atoms with van der Waals surface area (Å²) in [7, 11) is 1.54. The lowest BCUT2D eigenvalue weighted by molar-refractivity contribution is 0.0885. The zero-order valence-corrected chi connectivity index (χ0v) is 12.2. The van der Waals surface area contributed by atoms with E-state index >= 15 is 0 Å². The minimum atomic E-state index is -0.149. The molecule has 0 aliphatic heterocycles. The van der Waals surface area contributed by atoms with Gasteiger partial charge in [0.1, 0.15) is 5.75 Å². The Morgan fingerprint density at radius 2 is 1.84 bits per heavy atom. The van der Waals surface area contributed by atoms with Crippen LogP contribution in [0.1, 0.15) is 50.4 Å². The van der Waals surface area contributed by atoms with Crippen LogP contribution in [0, 0.1) is 0 Å². The molecule has 0 aliphatic rings. The zero-order valence-electron chi connectivity index (χ0n) is 12.2. The summed E-state index contributed by atoms with van der Waals surface area (Å²) in [5, 5.41) is 3.13. The molecule has 0 unspecified atom stereocenters. The summed E-state index contributed by atoms with van der Waals surface area (Å²) in [6.07, 6.45) is 2.72. The predicted molar refractivity (Wildman–Crippen MR) is 78.5 cm³/mol. The second-order valence-electron chi connectivity index (χ2n) is 4.75. The summed E-state index contributed by atoms with van der Waals surface area (Å²) in [5.41, 5.74) is 6.66. The Morgan fingerprint density at radius 1 is 1.26 bits per heavy atom. The van der Waals surface area contributed by atoms with E-state index in [2.05, 4.69) is 26.1 Å². The second-order valence-corrected chi connectivity index (χ2v) is 4.75. The number of ether oxygens (including phenoxy) is 1. The molecule has 4 nitrogen and oxygen atoms in total. The summed E-state index contributed by atoms with van der Waals surface area (Å²) in [6.45, 7) is 6.27. The highest BCUT2D eigenvalue weighted by molar-refractivity contribution is 5.97. The van der Waals surface area contributed by atoms with Gasteiger partial charge in [-0.3, -0.25) is 4.79 Å². The highest BCUT2D eigenvalue weighted by Gasteiger charge is 2.27. The zero-order chi connectivity index (χ0) is 14.5. The number of benzene rings is 1. The number of nitrogens with two attached hydrogens (primary N) is 1. The Kier molecular flexibility index (Phi) is 5.21. The van der Waals surface area contributed by atoms with Crippen molar-refractivity contribution in [3.05, 3.63) is 23.8 Å². The smallest absolute Gasteiger partial charge is 0.255 e. The highest BCUT2D eigenvalue weighted by Crippen LogP contribution is 2.24. The molecule has 0 aromatic heterocycles. The van der Waals surface area contributed by atoms with Gasteiger partial charge >= 0.3 is 0 Å². The lowest BCUT2D eigenvalue weighted by Crippen LogP contribution is -2.47. The number of hydrogen-bond donors (Lipinski definition) is 2. The van der Waals surface area contributed by atoms with Crippen LogP contribution in [0.25, 0.3) is 0 Å². The van der Waals surface area contributed by atoms with Crippen molar-refractivity contribution < 1.29 is 9.53 Å². The molecule has 1 aromatic rings. The van der Waals surface area contributed by atoms with Gasteiger partial charge < -0.3 is 15.8 Å². The van der Waals surface area contributed by atoms with E-state index in [0.717, 1.165) is 19.3 Å². The normalized spacial score (nSPS) is 11.2. The molecule has 3 N–H and O–H groups in total. The first-order valence-electron chi connectivity index (χ1n) is 6.78. The quantitative estimate of drug-likeness (QED) is 0.776. The van der Waals surface area contributed by atoms with Crippen molar-refractivity contribution in [2.75, 3.05) is 12.8 Å². The third kappa shape index (κ3) is 3.40. The van der Waals surface area contributed by atoms with E-state index in [1.54, 1.807) is 18.2 Å². The van der Waals surface area contributed by atoms with Crippen molar-refractivity contribution in [2.24, 2.45) is 0 Å². The molecule has 0 heterocycles. The lowest BCUT2D eigenvalue weighted by atomic mass is 9.89. The van der Waals surface area contributed by atoms with Gasteiger partial charge in [0.2, 0.25) is 0 Å². The van der Waals surface area contributed by atoms with Crippen LogP contribution >= 0.6 is 0 Å². The molecule has 4 heteroatoms. The fraction of sp³-hybridized carbons (Fsp3) is 0.533.